The number of nitrogens with zero attached hydrogens (tertiary/aromatic N) is 3. The Bertz CT molecular complexity index is 971. The van der Waals surface area contributed by atoms with E-state index in [-0.39, 0.29) is 6.04 Å². The fourth-order valence-corrected chi connectivity index (χ4v) is 3.92. The maximum Gasteiger partial charge on any atom is 0.138 e. The van der Waals surface area contributed by atoms with Gasteiger partial charge in [-0.15, -0.1) is 0 Å². The van der Waals surface area contributed by atoms with Crippen LogP contribution in [0.5, 0.6) is 0 Å². The minimum Gasteiger partial charge on any atom is -0.362 e. The van der Waals surface area contributed by atoms with Crippen molar-refractivity contribution in [1.29, 1.82) is 0 Å². The lowest BCUT2D eigenvalue weighted by Crippen LogP contribution is -2.35. The van der Waals surface area contributed by atoms with Gasteiger partial charge in [0.25, 0.3) is 0 Å². The highest BCUT2D eigenvalue weighted by Gasteiger charge is 2.37. The predicted octanol–water partition coefficient (Wildman–Crippen LogP) is 4.94. The summed E-state index contributed by atoms with van der Waals surface area (Å²) in [5.41, 5.74) is 7.09. The van der Waals surface area contributed by atoms with Crippen LogP contribution in [0.2, 0.25) is 0 Å². The molecule has 0 bridgehead atoms. The van der Waals surface area contributed by atoms with Crippen molar-refractivity contribution in [3.8, 4) is 0 Å². The summed E-state index contributed by atoms with van der Waals surface area (Å²) in [6.45, 7) is 14.5. The zero-order chi connectivity index (χ0) is 19.8. The third kappa shape index (κ3) is 3.17. The minimum absolute atomic E-state index is 0.0798. The van der Waals surface area contributed by atoms with Crippen LogP contribution in [0.4, 0.5) is 11.6 Å². The number of anilines is 2. The first-order valence-electron chi connectivity index (χ1n) is 9.76. The van der Waals surface area contributed by atoms with Gasteiger partial charge in [0.05, 0.1) is 6.04 Å². The number of fused-ring (bicyclic) bond motifs is 1. The number of hydrogen-bond donors (Lipinski definition) is 2. The molecule has 0 radical (unpaired) electrons. The molecular formula is C23H27N5. The van der Waals surface area contributed by atoms with Crippen LogP contribution in [0.1, 0.15) is 42.0 Å². The third-order valence-corrected chi connectivity index (χ3v) is 5.50. The molecule has 0 amide bonds. The first-order chi connectivity index (χ1) is 13.5. The van der Waals surface area contributed by atoms with Crippen molar-refractivity contribution in [2.24, 2.45) is 0 Å². The second-order valence-corrected chi connectivity index (χ2v) is 7.57. The molecule has 0 unspecified atom stereocenters. The predicted molar refractivity (Wildman–Crippen MR) is 117 cm³/mol. The normalized spacial score (nSPS) is 16.9. The van der Waals surface area contributed by atoms with E-state index in [2.05, 4.69) is 76.8 Å². The van der Waals surface area contributed by atoms with Crippen molar-refractivity contribution in [1.82, 2.24) is 14.9 Å². The Labute approximate surface area is 166 Å². The molecule has 2 N–H and O–H groups in total. The van der Waals surface area contributed by atoms with Gasteiger partial charge in [0.2, 0.25) is 0 Å². The molecule has 1 aliphatic heterocycles. The summed E-state index contributed by atoms with van der Waals surface area (Å²) in [5, 5.41) is 6.65. The highest BCUT2D eigenvalue weighted by Crippen LogP contribution is 2.43. The van der Waals surface area contributed by atoms with E-state index >= 15 is 0 Å². The quantitative estimate of drug-likeness (QED) is 0.751. The average Bonchev–Trinajstić information content (AvgIpc) is 3.49. The number of aromatic nitrogens is 2. The molecule has 0 saturated heterocycles. The molecule has 5 nitrogen and oxygen atoms in total. The molecule has 1 aliphatic carbocycles. The Balaban J connectivity index is 1.70. The summed E-state index contributed by atoms with van der Waals surface area (Å²) < 4.78 is 0. The van der Waals surface area contributed by atoms with Gasteiger partial charge in [0.15, 0.2) is 0 Å². The van der Waals surface area contributed by atoms with Gasteiger partial charge in [-0.05, 0) is 57.0 Å². The summed E-state index contributed by atoms with van der Waals surface area (Å²) in [6.07, 6.45) is 7.92. The van der Waals surface area contributed by atoms with Crippen LogP contribution >= 0.6 is 0 Å². The van der Waals surface area contributed by atoms with Gasteiger partial charge in [-0.1, -0.05) is 31.4 Å². The SMILES string of the molecule is C=CNc1ncnc(N[C@@H](C)C2=Cc3cccc(C)c3C(=C)N2C2CC2)c1C. The van der Waals surface area contributed by atoms with E-state index in [0.717, 1.165) is 22.9 Å². The first kappa shape index (κ1) is 18.3. The van der Waals surface area contributed by atoms with Crippen LogP contribution in [0.3, 0.4) is 0 Å². The van der Waals surface area contributed by atoms with Crippen molar-refractivity contribution in [2.75, 3.05) is 10.6 Å². The lowest BCUT2D eigenvalue weighted by atomic mass is 9.92. The van der Waals surface area contributed by atoms with E-state index in [1.54, 1.807) is 12.5 Å². The molecule has 0 spiro atoms. The van der Waals surface area contributed by atoms with Crippen molar-refractivity contribution >= 4 is 23.4 Å². The van der Waals surface area contributed by atoms with E-state index in [9.17, 15) is 0 Å². The van der Waals surface area contributed by atoms with E-state index in [1.807, 2.05) is 6.92 Å². The highest BCUT2D eigenvalue weighted by molar-refractivity contribution is 5.81. The molecular weight excluding hydrogens is 346 g/mol. The molecule has 2 aromatic rings. The maximum absolute atomic E-state index is 4.47. The molecule has 5 heteroatoms. The summed E-state index contributed by atoms with van der Waals surface area (Å²) in [5.74, 6) is 1.59. The van der Waals surface area contributed by atoms with Crippen molar-refractivity contribution in [2.45, 2.75) is 45.7 Å². The smallest absolute Gasteiger partial charge is 0.138 e. The Morgan fingerprint density at radius 3 is 2.68 bits per heavy atom. The van der Waals surface area contributed by atoms with Gasteiger partial charge in [-0.3, -0.25) is 0 Å². The van der Waals surface area contributed by atoms with Gasteiger partial charge in [0, 0.05) is 28.6 Å². The van der Waals surface area contributed by atoms with Crippen LogP contribution < -0.4 is 10.6 Å². The lowest BCUT2D eigenvalue weighted by Gasteiger charge is -2.38. The number of benzene rings is 1. The van der Waals surface area contributed by atoms with Gasteiger partial charge in [-0.25, -0.2) is 9.97 Å². The molecule has 4 rings (SSSR count). The molecule has 28 heavy (non-hydrogen) atoms. The van der Waals surface area contributed by atoms with Crippen molar-refractivity contribution in [3.05, 3.63) is 71.8 Å². The summed E-state index contributed by atoms with van der Waals surface area (Å²) >= 11 is 0. The fraction of sp³-hybridized carbons (Fsp3) is 0.304. The van der Waals surface area contributed by atoms with Crippen LogP contribution in [0.25, 0.3) is 11.8 Å². The number of rotatable bonds is 6. The second-order valence-electron chi connectivity index (χ2n) is 7.57. The molecule has 144 valence electrons. The summed E-state index contributed by atoms with van der Waals surface area (Å²) in [7, 11) is 0. The molecule has 2 heterocycles. The Hall–Kier alpha value is -3.08. The number of aryl methyl sites for hydroxylation is 1. The van der Waals surface area contributed by atoms with Crippen LogP contribution in [-0.2, 0) is 0 Å². The molecule has 2 aliphatic rings. The average molecular weight is 374 g/mol. The van der Waals surface area contributed by atoms with Gasteiger partial charge in [0.1, 0.15) is 18.0 Å². The van der Waals surface area contributed by atoms with E-state index in [0.29, 0.717) is 6.04 Å². The maximum atomic E-state index is 4.47. The largest absolute Gasteiger partial charge is 0.362 e. The fourth-order valence-electron chi connectivity index (χ4n) is 3.92. The molecule has 1 aromatic carbocycles. The third-order valence-electron chi connectivity index (χ3n) is 5.50. The minimum atomic E-state index is 0.0798. The standard InChI is InChI=1S/C23H27N5/c1-6-24-22-15(3)23(26-13-25-22)27-16(4)20-12-18-9-7-8-14(2)21(18)17(5)28(20)19-10-11-19/h6-9,12-13,16,19H,1,5,10-11H2,2-4H3,(H2,24,25,26,27)/t16-/m0/s1. The van der Waals surface area contributed by atoms with Gasteiger partial charge >= 0.3 is 0 Å². The molecule has 1 fully saturated rings. The van der Waals surface area contributed by atoms with Gasteiger partial charge in [-0.2, -0.15) is 0 Å². The monoisotopic (exact) mass is 373 g/mol. The second kappa shape index (κ2) is 7.15. The van der Waals surface area contributed by atoms with E-state index in [1.165, 1.54) is 35.2 Å². The van der Waals surface area contributed by atoms with Crippen LogP contribution in [0, 0.1) is 13.8 Å². The van der Waals surface area contributed by atoms with Gasteiger partial charge < -0.3 is 15.5 Å². The van der Waals surface area contributed by atoms with Crippen LogP contribution in [-0.4, -0.2) is 27.0 Å². The van der Waals surface area contributed by atoms with Crippen LogP contribution in [0.15, 0.2) is 49.6 Å². The topological polar surface area (TPSA) is 53.1 Å². The highest BCUT2D eigenvalue weighted by atomic mass is 15.2. The van der Waals surface area contributed by atoms with E-state index < -0.39 is 0 Å². The Kier molecular flexibility index (Phi) is 4.67. The zero-order valence-electron chi connectivity index (χ0n) is 16.8. The Morgan fingerprint density at radius 1 is 1.21 bits per heavy atom. The van der Waals surface area contributed by atoms with Crippen molar-refractivity contribution in [3.63, 3.8) is 0 Å². The molecule has 1 saturated carbocycles. The van der Waals surface area contributed by atoms with Crippen molar-refractivity contribution < 1.29 is 0 Å². The molecule has 1 atom stereocenters. The zero-order valence-corrected chi connectivity index (χ0v) is 16.8. The summed E-state index contributed by atoms with van der Waals surface area (Å²) in [4.78, 5) is 11.2. The number of nitrogens with one attached hydrogen (secondary N) is 2. The first-order valence-corrected chi connectivity index (χ1v) is 9.76. The Morgan fingerprint density at radius 2 is 1.96 bits per heavy atom. The summed E-state index contributed by atoms with van der Waals surface area (Å²) in [6, 6.07) is 7.07. The lowest BCUT2D eigenvalue weighted by molar-refractivity contribution is 0.453. The van der Waals surface area contributed by atoms with E-state index in [4.69, 9.17) is 0 Å². The number of hydrogen-bond acceptors (Lipinski definition) is 5. The molecule has 1 aromatic heterocycles.